The minimum absolute atomic E-state index is 0.256. The third kappa shape index (κ3) is 5.49. The van der Waals surface area contributed by atoms with E-state index < -0.39 is 7.14 Å². The number of rotatable bonds is 9. The molecule has 2 aromatic carbocycles. The van der Waals surface area contributed by atoms with Crippen molar-refractivity contribution in [2.75, 3.05) is 18.5 Å². The smallest absolute Gasteiger partial charge is 0.0904 e. The van der Waals surface area contributed by atoms with Crippen molar-refractivity contribution < 1.29 is 4.57 Å². The highest BCUT2D eigenvalue weighted by Gasteiger charge is 2.26. The summed E-state index contributed by atoms with van der Waals surface area (Å²) in [7, 11) is -2.30. The number of aromatic nitrogens is 1. The van der Waals surface area contributed by atoms with Crippen molar-refractivity contribution in [3.05, 3.63) is 95.3 Å². The molecule has 0 saturated heterocycles. The predicted octanol–water partition coefficient (Wildman–Crippen LogP) is 6.51. The van der Waals surface area contributed by atoms with E-state index in [4.69, 9.17) is 0 Å². The molecule has 0 N–H and O–H groups in total. The van der Waals surface area contributed by atoms with Gasteiger partial charge in [-0.15, -0.1) is 0 Å². The Labute approximate surface area is 170 Å². The van der Waals surface area contributed by atoms with Crippen LogP contribution in [0.2, 0.25) is 0 Å². The average molecular weight is 394 g/mol. The van der Waals surface area contributed by atoms with Gasteiger partial charge in [0, 0.05) is 36.4 Å². The SMILES string of the molecule is Cc1ccn(C(C)CP(=O)(CCc2ccccc2)CCc2ccccc2)c1C. The van der Waals surface area contributed by atoms with E-state index in [1.807, 2.05) is 12.1 Å². The molecule has 0 fully saturated rings. The molecule has 0 radical (unpaired) electrons. The largest absolute Gasteiger partial charge is 0.348 e. The molecule has 0 amide bonds. The second kappa shape index (κ2) is 9.43. The van der Waals surface area contributed by atoms with E-state index in [2.05, 4.69) is 86.1 Å². The highest BCUT2D eigenvalue weighted by atomic mass is 31.2. The minimum atomic E-state index is -2.30. The maximum absolute atomic E-state index is 14.0. The lowest BCUT2D eigenvalue weighted by atomic mass is 10.2. The molecule has 28 heavy (non-hydrogen) atoms. The molecule has 3 heteroatoms. The number of aryl methyl sites for hydroxylation is 3. The first-order valence-corrected chi connectivity index (χ1v) is 12.5. The summed E-state index contributed by atoms with van der Waals surface area (Å²) in [5.41, 5.74) is 5.14. The van der Waals surface area contributed by atoms with E-state index in [1.165, 1.54) is 22.4 Å². The first-order valence-electron chi connectivity index (χ1n) is 10.3. The van der Waals surface area contributed by atoms with Gasteiger partial charge in [-0.2, -0.15) is 0 Å². The van der Waals surface area contributed by atoms with E-state index >= 15 is 0 Å². The summed E-state index contributed by atoms with van der Waals surface area (Å²) in [6, 6.07) is 23.3. The van der Waals surface area contributed by atoms with Gasteiger partial charge in [-0.3, -0.25) is 0 Å². The van der Waals surface area contributed by atoms with E-state index in [0.717, 1.165) is 31.3 Å². The van der Waals surface area contributed by atoms with Crippen molar-refractivity contribution >= 4 is 7.14 Å². The van der Waals surface area contributed by atoms with Gasteiger partial charge in [0.15, 0.2) is 0 Å². The molecule has 3 rings (SSSR count). The zero-order valence-corrected chi connectivity index (χ0v) is 18.2. The summed E-state index contributed by atoms with van der Waals surface area (Å²) in [5, 5.41) is 0. The number of hydrogen-bond donors (Lipinski definition) is 0. The van der Waals surface area contributed by atoms with E-state index in [0.29, 0.717) is 0 Å². The predicted molar refractivity (Wildman–Crippen MR) is 121 cm³/mol. The Morgan fingerprint density at radius 1 is 0.821 bits per heavy atom. The quantitative estimate of drug-likeness (QED) is 0.380. The van der Waals surface area contributed by atoms with Gasteiger partial charge in [-0.05, 0) is 56.4 Å². The third-order valence-corrected chi connectivity index (χ3v) is 9.09. The molecule has 3 aromatic rings. The molecule has 1 unspecified atom stereocenters. The van der Waals surface area contributed by atoms with Gasteiger partial charge in [-0.1, -0.05) is 60.7 Å². The normalized spacial score (nSPS) is 12.8. The van der Waals surface area contributed by atoms with Crippen LogP contribution in [0.15, 0.2) is 72.9 Å². The van der Waals surface area contributed by atoms with Gasteiger partial charge in [0.2, 0.25) is 0 Å². The van der Waals surface area contributed by atoms with E-state index in [-0.39, 0.29) is 6.04 Å². The first kappa shape index (κ1) is 20.7. The van der Waals surface area contributed by atoms with Crippen molar-refractivity contribution in [2.24, 2.45) is 0 Å². The Morgan fingerprint density at radius 3 is 1.75 bits per heavy atom. The van der Waals surface area contributed by atoms with E-state index in [1.54, 1.807) is 0 Å². The summed E-state index contributed by atoms with van der Waals surface area (Å²) in [6.45, 7) is 6.51. The topological polar surface area (TPSA) is 22.0 Å². The number of benzene rings is 2. The average Bonchev–Trinajstić information content (AvgIpc) is 3.05. The molecule has 1 atom stereocenters. The second-order valence-corrected chi connectivity index (χ2v) is 11.4. The summed E-state index contributed by atoms with van der Waals surface area (Å²) >= 11 is 0. The second-order valence-electron chi connectivity index (χ2n) is 8.00. The lowest BCUT2D eigenvalue weighted by molar-refractivity contribution is 0.543. The zero-order valence-electron chi connectivity index (χ0n) is 17.3. The van der Waals surface area contributed by atoms with Crippen LogP contribution in [0.25, 0.3) is 0 Å². The zero-order chi connectivity index (χ0) is 20.0. The first-order chi connectivity index (χ1) is 13.5. The fraction of sp³-hybridized carbons (Fsp3) is 0.360. The Bertz CT molecular complexity index is 867. The molecule has 0 saturated carbocycles. The fourth-order valence-corrected chi connectivity index (χ4v) is 6.98. The highest BCUT2D eigenvalue weighted by Crippen LogP contribution is 2.49. The maximum Gasteiger partial charge on any atom is 0.0904 e. The van der Waals surface area contributed by atoms with Crippen molar-refractivity contribution in [3.8, 4) is 0 Å². The number of nitrogens with zero attached hydrogens (tertiary/aromatic N) is 1. The monoisotopic (exact) mass is 393 g/mol. The van der Waals surface area contributed by atoms with Gasteiger partial charge in [0.05, 0.1) is 7.14 Å². The molecule has 148 valence electrons. The highest BCUT2D eigenvalue weighted by molar-refractivity contribution is 7.63. The molecular weight excluding hydrogens is 361 g/mol. The Hall–Kier alpha value is -2.05. The van der Waals surface area contributed by atoms with Crippen molar-refractivity contribution in [3.63, 3.8) is 0 Å². The van der Waals surface area contributed by atoms with Crippen LogP contribution in [-0.4, -0.2) is 23.1 Å². The molecule has 1 aromatic heterocycles. The van der Waals surface area contributed by atoms with Crippen LogP contribution in [0.1, 0.15) is 35.3 Å². The van der Waals surface area contributed by atoms with Gasteiger partial charge < -0.3 is 9.13 Å². The van der Waals surface area contributed by atoms with Crippen LogP contribution in [0.4, 0.5) is 0 Å². The Balaban J connectivity index is 1.74. The summed E-state index contributed by atoms with van der Waals surface area (Å²) in [5.74, 6) is 0. The Morgan fingerprint density at radius 2 is 1.32 bits per heavy atom. The van der Waals surface area contributed by atoms with Crippen molar-refractivity contribution in [1.29, 1.82) is 0 Å². The molecule has 0 aliphatic carbocycles. The lowest BCUT2D eigenvalue weighted by Crippen LogP contribution is -2.15. The van der Waals surface area contributed by atoms with Crippen LogP contribution in [0.3, 0.4) is 0 Å². The third-order valence-electron chi connectivity index (χ3n) is 5.82. The van der Waals surface area contributed by atoms with Crippen LogP contribution in [0, 0.1) is 13.8 Å². The van der Waals surface area contributed by atoms with Crippen LogP contribution in [-0.2, 0) is 17.4 Å². The van der Waals surface area contributed by atoms with Crippen molar-refractivity contribution in [1.82, 2.24) is 4.57 Å². The molecule has 0 spiro atoms. The molecule has 0 aliphatic heterocycles. The minimum Gasteiger partial charge on any atom is -0.348 e. The van der Waals surface area contributed by atoms with Crippen molar-refractivity contribution in [2.45, 2.75) is 39.7 Å². The molecular formula is C25H32NOP. The van der Waals surface area contributed by atoms with E-state index in [9.17, 15) is 4.57 Å². The molecule has 0 aliphatic rings. The van der Waals surface area contributed by atoms with Gasteiger partial charge in [-0.25, -0.2) is 0 Å². The van der Waals surface area contributed by atoms with Gasteiger partial charge in [0.1, 0.15) is 0 Å². The maximum atomic E-state index is 14.0. The molecule has 2 nitrogen and oxygen atoms in total. The lowest BCUT2D eigenvalue weighted by Gasteiger charge is -2.24. The Kier molecular flexibility index (Phi) is 6.97. The molecule has 1 heterocycles. The molecule has 0 bridgehead atoms. The standard InChI is InChI=1S/C25H32NOP/c1-21-14-17-26(23(21)3)22(2)20-28(27,18-15-24-10-6-4-7-11-24)19-16-25-12-8-5-9-13-25/h4-14,17,22H,15-16,18-20H2,1-3H3. The summed E-state index contributed by atoms with van der Waals surface area (Å²) in [6.07, 6.45) is 6.27. The summed E-state index contributed by atoms with van der Waals surface area (Å²) < 4.78 is 16.3. The van der Waals surface area contributed by atoms with Crippen LogP contribution >= 0.6 is 7.14 Å². The fourth-order valence-electron chi connectivity index (χ4n) is 3.92. The van der Waals surface area contributed by atoms with Gasteiger partial charge in [0.25, 0.3) is 0 Å². The van der Waals surface area contributed by atoms with Crippen LogP contribution < -0.4 is 0 Å². The number of hydrogen-bond acceptors (Lipinski definition) is 1. The van der Waals surface area contributed by atoms with Gasteiger partial charge >= 0.3 is 0 Å². The summed E-state index contributed by atoms with van der Waals surface area (Å²) in [4.78, 5) is 0. The van der Waals surface area contributed by atoms with Crippen LogP contribution in [0.5, 0.6) is 0 Å².